The van der Waals surface area contributed by atoms with Crippen LogP contribution in [0.2, 0.25) is 0 Å². The first kappa shape index (κ1) is 12.2. The van der Waals surface area contributed by atoms with Crippen molar-refractivity contribution in [1.82, 2.24) is 9.97 Å². The molecule has 0 saturated carbocycles. The monoisotopic (exact) mass is 243 g/mol. The number of aryl methyl sites for hydroxylation is 1. The Kier molecular flexibility index (Phi) is 3.32. The van der Waals surface area contributed by atoms with E-state index in [-0.39, 0.29) is 5.95 Å². The highest BCUT2D eigenvalue weighted by Gasteiger charge is 2.03. The second-order valence-electron chi connectivity index (χ2n) is 4.32. The van der Waals surface area contributed by atoms with Gasteiger partial charge in [0.2, 0.25) is 5.95 Å². The minimum Gasteiger partial charge on any atom is -0.377 e. The van der Waals surface area contributed by atoms with Crippen LogP contribution in [0.5, 0.6) is 0 Å². The van der Waals surface area contributed by atoms with E-state index in [0.29, 0.717) is 5.82 Å². The van der Waals surface area contributed by atoms with Crippen LogP contribution in [0.3, 0.4) is 0 Å². The molecule has 0 saturated heterocycles. The minimum absolute atomic E-state index is 0.264. The van der Waals surface area contributed by atoms with Crippen molar-refractivity contribution in [2.45, 2.75) is 6.92 Å². The van der Waals surface area contributed by atoms with Crippen LogP contribution < -0.4 is 16.0 Å². The van der Waals surface area contributed by atoms with Crippen molar-refractivity contribution in [3.63, 3.8) is 0 Å². The lowest BCUT2D eigenvalue weighted by Crippen LogP contribution is -2.10. The molecule has 0 aliphatic carbocycles. The number of rotatable bonds is 3. The molecular formula is C13H17N5. The molecule has 0 aliphatic heterocycles. The SMILES string of the molecule is Cc1ccc(Nc2ccnc(N)n2)cc1N(C)C. The van der Waals surface area contributed by atoms with E-state index in [1.807, 2.05) is 20.2 Å². The number of nitrogens with one attached hydrogen (secondary N) is 1. The van der Waals surface area contributed by atoms with E-state index in [4.69, 9.17) is 5.73 Å². The number of aromatic nitrogens is 2. The number of hydrogen-bond acceptors (Lipinski definition) is 5. The fourth-order valence-electron chi connectivity index (χ4n) is 1.76. The zero-order valence-corrected chi connectivity index (χ0v) is 10.8. The third-order valence-electron chi connectivity index (χ3n) is 2.64. The zero-order valence-electron chi connectivity index (χ0n) is 10.8. The van der Waals surface area contributed by atoms with Gasteiger partial charge in [-0.25, -0.2) is 4.98 Å². The van der Waals surface area contributed by atoms with Gasteiger partial charge >= 0.3 is 0 Å². The molecule has 1 heterocycles. The van der Waals surface area contributed by atoms with Crippen molar-refractivity contribution in [2.75, 3.05) is 30.0 Å². The van der Waals surface area contributed by atoms with Crippen molar-refractivity contribution in [1.29, 1.82) is 0 Å². The third kappa shape index (κ3) is 2.68. The Morgan fingerprint density at radius 2 is 2.00 bits per heavy atom. The highest BCUT2D eigenvalue weighted by atomic mass is 15.1. The number of benzene rings is 1. The Hall–Kier alpha value is -2.30. The fraction of sp³-hybridized carbons (Fsp3) is 0.231. The Bertz CT molecular complexity index is 551. The van der Waals surface area contributed by atoms with Crippen molar-refractivity contribution in [2.24, 2.45) is 0 Å². The molecule has 0 aliphatic rings. The number of nitrogen functional groups attached to an aromatic ring is 1. The first-order chi connectivity index (χ1) is 8.56. The lowest BCUT2D eigenvalue weighted by Gasteiger charge is -2.17. The van der Waals surface area contributed by atoms with Crippen LogP contribution in [-0.4, -0.2) is 24.1 Å². The molecule has 2 rings (SSSR count). The van der Waals surface area contributed by atoms with E-state index in [1.54, 1.807) is 12.3 Å². The molecule has 0 bridgehead atoms. The number of nitrogens with zero attached hydrogens (tertiary/aromatic N) is 3. The first-order valence-corrected chi connectivity index (χ1v) is 5.70. The molecule has 0 fully saturated rings. The summed E-state index contributed by atoms with van der Waals surface area (Å²) in [7, 11) is 4.05. The molecule has 1 aromatic heterocycles. The minimum atomic E-state index is 0.264. The van der Waals surface area contributed by atoms with Gasteiger partial charge in [0.1, 0.15) is 5.82 Å². The molecule has 5 nitrogen and oxygen atoms in total. The van der Waals surface area contributed by atoms with Crippen LogP contribution in [0.4, 0.5) is 23.1 Å². The lowest BCUT2D eigenvalue weighted by molar-refractivity contribution is 1.11. The summed E-state index contributed by atoms with van der Waals surface area (Å²) in [5.74, 6) is 0.955. The average Bonchev–Trinajstić information content (AvgIpc) is 2.31. The smallest absolute Gasteiger partial charge is 0.221 e. The van der Waals surface area contributed by atoms with Crippen LogP contribution >= 0.6 is 0 Å². The maximum Gasteiger partial charge on any atom is 0.221 e. The van der Waals surface area contributed by atoms with Gasteiger partial charge in [0.15, 0.2) is 0 Å². The third-order valence-corrected chi connectivity index (χ3v) is 2.64. The molecule has 0 atom stereocenters. The standard InChI is InChI=1S/C13H17N5/c1-9-4-5-10(8-11(9)18(2)3)16-12-6-7-15-13(14)17-12/h4-8H,1-3H3,(H3,14,15,16,17). The fourth-order valence-corrected chi connectivity index (χ4v) is 1.76. The second-order valence-corrected chi connectivity index (χ2v) is 4.32. The number of anilines is 4. The predicted octanol–water partition coefficient (Wildman–Crippen LogP) is 2.18. The van der Waals surface area contributed by atoms with Gasteiger partial charge in [-0.05, 0) is 30.7 Å². The van der Waals surface area contributed by atoms with Gasteiger partial charge < -0.3 is 16.0 Å². The Balaban J connectivity index is 2.27. The van der Waals surface area contributed by atoms with Crippen molar-refractivity contribution >= 4 is 23.1 Å². The Morgan fingerprint density at radius 1 is 1.22 bits per heavy atom. The van der Waals surface area contributed by atoms with Gasteiger partial charge in [0.25, 0.3) is 0 Å². The molecule has 1 aromatic carbocycles. The van der Waals surface area contributed by atoms with Crippen molar-refractivity contribution < 1.29 is 0 Å². The van der Waals surface area contributed by atoms with E-state index in [2.05, 4.69) is 39.2 Å². The summed E-state index contributed by atoms with van der Waals surface area (Å²) >= 11 is 0. The molecule has 94 valence electrons. The van der Waals surface area contributed by atoms with Crippen LogP contribution in [-0.2, 0) is 0 Å². The zero-order chi connectivity index (χ0) is 13.1. The summed E-state index contributed by atoms with van der Waals surface area (Å²) in [5, 5.41) is 3.21. The van der Waals surface area contributed by atoms with Crippen LogP contribution in [0.15, 0.2) is 30.5 Å². The average molecular weight is 243 g/mol. The number of nitrogens with two attached hydrogens (primary N) is 1. The van der Waals surface area contributed by atoms with Gasteiger partial charge in [-0.2, -0.15) is 4.98 Å². The molecular weight excluding hydrogens is 226 g/mol. The maximum atomic E-state index is 5.54. The van der Waals surface area contributed by atoms with Crippen LogP contribution in [0.1, 0.15) is 5.56 Å². The highest BCUT2D eigenvalue weighted by Crippen LogP contribution is 2.24. The Labute approximate surface area is 107 Å². The summed E-state index contributed by atoms with van der Waals surface area (Å²) in [6.45, 7) is 2.09. The summed E-state index contributed by atoms with van der Waals surface area (Å²) < 4.78 is 0. The summed E-state index contributed by atoms with van der Waals surface area (Å²) in [4.78, 5) is 10.0. The molecule has 5 heteroatoms. The molecule has 0 radical (unpaired) electrons. The summed E-state index contributed by atoms with van der Waals surface area (Å²) in [6.07, 6.45) is 1.63. The second kappa shape index (κ2) is 4.91. The van der Waals surface area contributed by atoms with Crippen molar-refractivity contribution in [3.8, 4) is 0 Å². The first-order valence-electron chi connectivity index (χ1n) is 5.70. The van der Waals surface area contributed by atoms with Gasteiger partial charge in [-0.15, -0.1) is 0 Å². The van der Waals surface area contributed by atoms with E-state index >= 15 is 0 Å². The molecule has 2 aromatic rings. The van der Waals surface area contributed by atoms with Crippen molar-refractivity contribution in [3.05, 3.63) is 36.0 Å². The van der Waals surface area contributed by atoms with E-state index in [1.165, 1.54) is 11.3 Å². The summed E-state index contributed by atoms with van der Waals surface area (Å²) in [6, 6.07) is 7.95. The molecule has 0 unspecified atom stereocenters. The normalized spacial score (nSPS) is 10.2. The lowest BCUT2D eigenvalue weighted by atomic mass is 10.1. The number of hydrogen-bond donors (Lipinski definition) is 2. The van der Waals surface area contributed by atoms with Crippen LogP contribution in [0.25, 0.3) is 0 Å². The molecule has 0 spiro atoms. The quantitative estimate of drug-likeness (QED) is 0.864. The largest absolute Gasteiger partial charge is 0.377 e. The summed E-state index contributed by atoms with van der Waals surface area (Å²) in [5.41, 5.74) is 8.92. The highest BCUT2D eigenvalue weighted by molar-refractivity contribution is 5.66. The topological polar surface area (TPSA) is 67.1 Å². The predicted molar refractivity (Wildman–Crippen MR) is 75.2 cm³/mol. The van der Waals surface area contributed by atoms with Gasteiger partial charge in [0, 0.05) is 31.7 Å². The van der Waals surface area contributed by atoms with Gasteiger partial charge in [-0.3, -0.25) is 0 Å². The molecule has 0 amide bonds. The Morgan fingerprint density at radius 3 is 2.67 bits per heavy atom. The van der Waals surface area contributed by atoms with Gasteiger partial charge in [0.05, 0.1) is 0 Å². The van der Waals surface area contributed by atoms with Crippen LogP contribution in [0, 0.1) is 6.92 Å². The molecule has 3 N–H and O–H groups in total. The maximum absolute atomic E-state index is 5.54. The molecule has 18 heavy (non-hydrogen) atoms. The van der Waals surface area contributed by atoms with E-state index in [9.17, 15) is 0 Å². The van der Waals surface area contributed by atoms with E-state index < -0.39 is 0 Å². The van der Waals surface area contributed by atoms with E-state index in [0.717, 1.165) is 5.69 Å². The van der Waals surface area contributed by atoms with Gasteiger partial charge in [-0.1, -0.05) is 6.07 Å².